The monoisotopic (exact) mass is 344 g/mol. The van der Waals surface area contributed by atoms with Gasteiger partial charge in [-0.2, -0.15) is 0 Å². The van der Waals surface area contributed by atoms with Crippen LogP contribution < -0.4 is 0 Å². The third-order valence-corrected chi connectivity index (χ3v) is 4.33. The molecule has 1 N–H and O–H groups in total. The molecular weight excluding hydrogens is 336 g/mol. The minimum absolute atomic E-state index is 0.225. The SMILES string of the molecule is O=C1OC(O)C(c2cccc3c2oc2ccccc23)=C1Br. The number of aliphatic hydroxyl groups excluding tert-OH is 1. The molecule has 21 heavy (non-hydrogen) atoms. The van der Waals surface area contributed by atoms with Crippen LogP contribution in [0.4, 0.5) is 0 Å². The number of rotatable bonds is 1. The van der Waals surface area contributed by atoms with Gasteiger partial charge in [-0.15, -0.1) is 0 Å². The van der Waals surface area contributed by atoms with Crippen molar-refractivity contribution in [2.24, 2.45) is 0 Å². The molecule has 4 nitrogen and oxygen atoms in total. The Morgan fingerprint density at radius 2 is 1.81 bits per heavy atom. The number of hydrogen-bond acceptors (Lipinski definition) is 4. The maximum Gasteiger partial charge on any atom is 0.348 e. The first-order valence-electron chi connectivity index (χ1n) is 6.36. The molecule has 0 saturated heterocycles. The van der Waals surface area contributed by atoms with Crippen LogP contribution in [0.1, 0.15) is 5.56 Å². The number of cyclic esters (lactones) is 1. The third-order valence-electron chi connectivity index (χ3n) is 3.58. The number of fused-ring (bicyclic) bond motifs is 3. The lowest BCUT2D eigenvalue weighted by molar-refractivity contribution is -0.149. The van der Waals surface area contributed by atoms with Crippen LogP contribution in [0, 0.1) is 0 Å². The van der Waals surface area contributed by atoms with Gasteiger partial charge in [0.15, 0.2) is 0 Å². The average molecular weight is 345 g/mol. The van der Waals surface area contributed by atoms with E-state index in [1.807, 2.05) is 36.4 Å². The highest BCUT2D eigenvalue weighted by Gasteiger charge is 2.33. The van der Waals surface area contributed by atoms with Gasteiger partial charge < -0.3 is 14.3 Å². The van der Waals surface area contributed by atoms with E-state index in [0.717, 1.165) is 16.4 Å². The number of carbonyl (C=O) groups is 1. The molecule has 0 spiro atoms. The fourth-order valence-electron chi connectivity index (χ4n) is 2.64. The molecule has 1 aromatic heterocycles. The summed E-state index contributed by atoms with van der Waals surface area (Å²) in [7, 11) is 0. The molecule has 1 atom stereocenters. The smallest absolute Gasteiger partial charge is 0.348 e. The maximum absolute atomic E-state index is 11.6. The number of para-hydroxylation sites is 2. The van der Waals surface area contributed by atoms with Crippen LogP contribution in [0.5, 0.6) is 0 Å². The van der Waals surface area contributed by atoms with Gasteiger partial charge in [-0.05, 0) is 22.0 Å². The summed E-state index contributed by atoms with van der Waals surface area (Å²) in [5.74, 6) is -0.578. The van der Waals surface area contributed by atoms with Crippen molar-refractivity contribution in [1.29, 1.82) is 0 Å². The first-order valence-corrected chi connectivity index (χ1v) is 7.15. The molecule has 2 aromatic carbocycles. The van der Waals surface area contributed by atoms with Gasteiger partial charge in [0.2, 0.25) is 6.29 Å². The molecule has 1 aliphatic heterocycles. The highest BCUT2D eigenvalue weighted by Crippen LogP contribution is 2.39. The van der Waals surface area contributed by atoms with E-state index < -0.39 is 12.3 Å². The minimum atomic E-state index is -1.29. The Morgan fingerprint density at radius 3 is 2.57 bits per heavy atom. The lowest BCUT2D eigenvalue weighted by Crippen LogP contribution is -2.09. The summed E-state index contributed by atoms with van der Waals surface area (Å²) in [5.41, 5.74) is 2.43. The lowest BCUT2D eigenvalue weighted by Gasteiger charge is -2.07. The number of esters is 1. The van der Waals surface area contributed by atoms with E-state index in [4.69, 9.17) is 9.15 Å². The Hall–Kier alpha value is -2.11. The Morgan fingerprint density at radius 1 is 1.05 bits per heavy atom. The summed E-state index contributed by atoms with van der Waals surface area (Å²) in [6, 6.07) is 13.3. The maximum atomic E-state index is 11.6. The van der Waals surface area contributed by atoms with Gasteiger partial charge >= 0.3 is 5.97 Å². The Kier molecular flexibility index (Phi) is 2.67. The molecule has 4 rings (SSSR count). The van der Waals surface area contributed by atoms with Gasteiger partial charge in [0.1, 0.15) is 15.6 Å². The number of furan rings is 1. The van der Waals surface area contributed by atoms with Crippen LogP contribution in [0.15, 0.2) is 51.4 Å². The summed E-state index contributed by atoms with van der Waals surface area (Å²) >= 11 is 3.18. The predicted octanol–water partition coefficient (Wildman–Crippen LogP) is 3.57. The largest absolute Gasteiger partial charge is 0.455 e. The van der Waals surface area contributed by atoms with Crippen molar-refractivity contribution in [1.82, 2.24) is 0 Å². The van der Waals surface area contributed by atoms with Gasteiger partial charge in [0.05, 0.1) is 5.57 Å². The van der Waals surface area contributed by atoms with Crippen LogP contribution in [0.25, 0.3) is 27.5 Å². The topological polar surface area (TPSA) is 59.7 Å². The quantitative estimate of drug-likeness (QED) is 0.685. The van der Waals surface area contributed by atoms with E-state index in [0.29, 0.717) is 16.7 Å². The number of hydrogen-bond donors (Lipinski definition) is 1. The zero-order valence-corrected chi connectivity index (χ0v) is 12.3. The molecule has 0 radical (unpaired) electrons. The van der Waals surface area contributed by atoms with Crippen LogP contribution in [-0.4, -0.2) is 17.4 Å². The van der Waals surface area contributed by atoms with Crippen molar-refractivity contribution in [3.05, 3.63) is 52.5 Å². The molecule has 0 amide bonds. The normalized spacial score (nSPS) is 18.8. The molecule has 3 aromatic rings. The van der Waals surface area contributed by atoms with Crippen molar-refractivity contribution >= 4 is 49.4 Å². The summed E-state index contributed by atoms with van der Waals surface area (Å²) in [6.45, 7) is 0. The lowest BCUT2D eigenvalue weighted by atomic mass is 10.0. The second-order valence-corrected chi connectivity index (χ2v) is 5.56. The number of ether oxygens (including phenoxy) is 1. The van der Waals surface area contributed by atoms with Gasteiger partial charge in [0, 0.05) is 16.3 Å². The van der Waals surface area contributed by atoms with Crippen LogP contribution in [0.2, 0.25) is 0 Å². The first kappa shape index (κ1) is 12.6. The zero-order valence-electron chi connectivity index (χ0n) is 10.7. The second-order valence-electron chi connectivity index (χ2n) is 4.77. The molecule has 0 saturated carbocycles. The van der Waals surface area contributed by atoms with Gasteiger partial charge in [-0.1, -0.05) is 36.4 Å². The Labute approximate surface area is 127 Å². The third kappa shape index (κ3) is 1.74. The summed E-state index contributed by atoms with van der Waals surface area (Å²) in [4.78, 5) is 11.6. The minimum Gasteiger partial charge on any atom is -0.455 e. The Bertz CT molecular complexity index is 922. The standard InChI is InChI=1S/C16H9BrO4/c17-13-12(15(18)21-16(13)19)10-6-3-5-9-8-4-1-2-7-11(8)20-14(9)10/h1-7,15,18H. The second kappa shape index (κ2) is 4.44. The van der Waals surface area contributed by atoms with E-state index in [1.54, 1.807) is 6.07 Å². The molecule has 5 heteroatoms. The van der Waals surface area contributed by atoms with Gasteiger partial charge in [0.25, 0.3) is 0 Å². The van der Waals surface area contributed by atoms with Crippen molar-refractivity contribution in [2.45, 2.75) is 6.29 Å². The van der Waals surface area contributed by atoms with Gasteiger partial charge in [-0.3, -0.25) is 0 Å². The molecule has 0 aliphatic carbocycles. The summed E-state index contributed by atoms with van der Waals surface area (Å²) in [6.07, 6.45) is -1.29. The molecule has 2 heterocycles. The highest BCUT2D eigenvalue weighted by molar-refractivity contribution is 9.12. The molecule has 1 aliphatic rings. The zero-order chi connectivity index (χ0) is 14.6. The average Bonchev–Trinajstić information content (AvgIpc) is 2.97. The molecule has 1 unspecified atom stereocenters. The van der Waals surface area contributed by atoms with Crippen LogP contribution in [0.3, 0.4) is 0 Å². The summed E-state index contributed by atoms with van der Waals surface area (Å²) in [5, 5.41) is 11.9. The first-order chi connectivity index (χ1) is 10.2. The predicted molar refractivity (Wildman–Crippen MR) is 81.7 cm³/mol. The Balaban J connectivity index is 2.09. The highest BCUT2D eigenvalue weighted by atomic mass is 79.9. The number of halogens is 1. The van der Waals surface area contributed by atoms with Crippen LogP contribution >= 0.6 is 15.9 Å². The van der Waals surface area contributed by atoms with Crippen molar-refractivity contribution in [2.75, 3.05) is 0 Å². The van der Waals surface area contributed by atoms with Crippen molar-refractivity contribution in [3.8, 4) is 0 Å². The van der Waals surface area contributed by atoms with Crippen molar-refractivity contribution in [3.63, 3.8) is 0 Å². The number of benzene rings is 2. The van der Waals surface area contributed by atoms with E-state index >= 15 is 0 Å². The number of carbonyl (C=O) groups excluding carboxylic acids is 1. The van der Waals surface area contributed by atoms with Crippen LogP contribution in [-0.2, 0) is 9.53 Å². The fourth-order valence-corrected chi connectivity index (χ4v) is 3.14. The number of aliphatic hydroxyl groups is 1. The van der Waals surface area contributed by atoms with Gasteiger partial charge in [-0.25, -0.2) is 4.79 Å². The molecule has 104 valence electrons. The van der Waals surface area contributed by atoms with E-state index in [-0.39, 0.29) is 4.48 Å². The van der Waals surface area contributed by atoms with E-state index in [1.165, 1.54) is 0 Å². The van der Waals surface area contributed by atoms with E-state index in [9.17, 15) is 9.90 Å². The fraction of sp³-hybridized carbons (Fsp3) is 0.0625. The summed E-state index contributed by atoms with van der Waals surface area (Å²) < 4.78 is 10.9. The van der Waals surface area contributed by atoms with Crippen molar-refractivity contribution < 1.29 is 19.1 Å². The molecular formula is C16H9BrO4. The molecule has 0 fully saturated rings. The molecule has 0 bridgehead atoms. The van der Waals surface area contributed by atoms with E-state index in [2.05, 4.69) is 15.9 Å².